The van der Waals surface area contributed by atoms with E-state index in [2.05, 4.69) is 4.98 Å². The molecule has 0 radical (unpaired) electrons. The average molecular weight is 271 g/mol. The van der Waals surface area contributed by atoms with Crippen LogP contribution in [0.15, 0.2) is 41.4 Å². The molecule has 2 rings (SSSR count). The summed E-state index contributed by atoms with van der Waals surface area (Å²) in [5.41, 5.74) is 8.36. The molecule has 4 nitrogen and oxygen atoms in total. The zero-order valence-corrected chi connectivity index (χ0v) is 11.3. The van der Waals surface area contributed by atoms with Crippen LogP contribution in [0.25, 0.3) is 0 Å². The molecule has 1 aromatic carbocycles. The Bertz CT molecular complexity index is 677. The van der Waals surface area contributed by atoms with Crippen LogP contribution in [0.2, 0.25) is 0 Å². The summed E-state index contributed by atoms with van der Waals surface area (Å²) in [4.78, 5) is 4.56. The molecule has 2 N–H and O–H groups in total. The van der Waals surface area contributed by atoms with Crippen LogP contribution >= 0.6 is 0 Å². The van der Waals surface area contributed by atoms with Gasteiger partial charge in [-0.1, -0.05) is 18.2 Å². The Labute approximate surface area is 114 Å². The molecule has 0 fully saturated rings. The monoisotopic (exact) mass is 271 g/mol. The lowest BCUT2D eigenvalue weighted by atomic mass is 10.2. The highest BCUT2D eigenvalue weighted by atomic mass is 32.2. The van der Waals surface area contributed by atoms with Crippen molar-refractivity contribution in [1.29, 1.82) is 5.26 Å². The second-order valence-electron chi connectivity index (χ2n) is 4.10. The number of aromatic nitrogens is 1. The third kappa shape index (κ3) is 2.80. The molecule has 0 aliphatic carbocycles. The molecule has 2 aromatic rings. The number of rotatable bonds is 3. The van der Waals surface area contributed by atoms with E-state index >= 15 is 0 Å². The summed E-state index contributed by atoms with van der Waals surface area (Å²) in [5.74, 6) is 0.240. The van der Waals surface area contributed by atoms with Gasteiger partial charge in [-0.25, -0.2) is 4.98 Å². The van der Waals surface area contributed by atoms with E-state index in [-0.39, 0.29) is 5.75 Å². The highest BCUT2D eigenvalue weighted by Crippen LogP contribution is 2.22. The number of nitrogens with zero attached hydrogens (tertiary/aromatic N) is 2. The fraction of sp³-hybridized carbons (Fsp3) is 0.143. The van der Waals surface area contributed by atoms with E-state index in [4.69, 9.17) is 11.0 Å². The smallest absolute Gasteiger partial charge is 0.144 e. The molecule has 1 atom stereocenters. The Kier molecular flexibility index (Phi) is 3.93. The number of nitrogen functional groups attached to an aromatic ring is 1. The maximum atomic E-state index is 12.3. The molecule has 1 aromatic heterocycles. The topological polar surface area (TPSA) is 79.8 Å². The van der Waals surface area contributed by atoms with Gasteiger partial charge in [0.15, 0.2) is 0 Å². The minimum Gasteiger partial charge on any atom is -0.398 e. The van der Waals surface area contributed by atoms with Gasteiger partial charge in [0.1, 0.15) is 11.8 Å². The molecule has 19 heavy (non-hydrogen) atoms. The lowest BCUT2D eigenvalue weighted by molar-refractivity contribution is 0.682. The van der Waals surface area contributed by atoms with Crippen LogP contribution in [0.1, 0.15) is 16.8 Å². The van der Waals surface area contributed by atoms with Gasteiger partial charge in [-0.15, -0.1) is 0 Å². The third-order valence-electron chi connectivity index (χ3n) is 2.81. The third-order valence-corrected chi connectivity index (χ3v) is 4.23. The van der Waals surface area contributed by atoms with Crippen LogP contribution in [0.4, 0.5) is 5.69 Å². The first-order valence-electron chi connectivity index (χ1n) is 5.71. The highest BCUT2D eigenvalue weighted by Gasteiger charge is 2.12. The van der Waals surface area contributed by atoms with Gasteiger partial charge in [-0.2, -0.15) is 5.26 Å². The van der Waals surface area contributed by atoms with Crippen molar-refractivity contribution < 1.29 is 4.21 Å². The highest BCUT2D eigenvalue weighted by molar-refractivity contribution is 7.84. The van der Waals surface area contributed by atoms with Crippen molar-refractivity contribution in [2.75, 3.05) is 5.73 Å². The van der Waals surface area contributed by atoms with Crippen molar-refractivity contribution in [3.05, 3.63) is 53.3 Å². The molecule has 5 heteroatoms. The molecule has 0 saturated heterocycles. The van der Waals surface area contributed by atoms with Crippen molar-refractivity contribution in [3.63, 3.8) is 0 Å². The van der Waals surface area contributed by atoms with Crippen molar-refractivity contribution >= 4 is 16.5 Å². The van der Waals surface area contributed by atoms with E-state index in [1.165, 1.54) is 0 Å². The zero-order valence-electron chi connectivity index (χ0n) is 10.5. The van der Waals surface area contributed by atoms with Crippen LogP contribution in [0.5, 0.6) is 0 Å². The number of anilines is 1. The van der Waals surface area contributed by atoms with E-state index in [1.807, 2.05) is 25.1 Å². The summed E-state index contributed by atoms with van der Waals surface area (Å²) in [6, 6.07) is 10.9. The van der Waals surface area contributed by atoms with Crippen molar-refractivity contribution in [3.8, 4) is 6.07 Å². The second-order valence-corrected chi connectivity index (χ2v) is 5.52. The maximum Gasteiger partial charge on any atom is 0.144 e. The standard InChI is InChI=1S/C14H13N3OS/c1-10-4-2-6-13(14(10)16)19(18)9-11-5-3-7-17-12(11)8-15/h2-7H,9,16H2,1H3. The molecule has 0 saturated carbocycles. The van der Waals surface area contributed by atoms with Gasteiger partial charge in [-0.05, 0) is 24.6 Å². The van der Waals surface area contributed by atoms with Crippen LogP contribution in [-0.2, 0) is 16.6 Å². The van der Waals surface area contributed by atoms with Crippen molar-refractivity contribution in [2.45, 2.75) is 17.6 Å². The average Bonchev–Trinajstić information content (AvgIpc) is 2.42. The number of aryl methyl sites for hydroxylation is 1. The summed E-state index contributed by atoms with van der Waals surface area (Å²) in [7, 11) is -1.28. The number of para-hydroxylation sites is 1. The number of nitrogens with two attached hydrogens (primary N) is 1. The zero-order chi connectivity index (χ0) is 13.8. The molecular formula is C14H13N3OS. The van der Waals surface area contributed by atoms with E-state index in [9.17, 15) is 4.21 Å². The summed E-state index contributed by atoms with van der Waals surface area (Å²) < 4.78 is 12.3. The minimum atomic E-state index is -1.28. The van der Waals surface area contributed by atoms with Crippen LogP contribution in [0.3, 0.4) is 0 Å². The van der Waals surface area contributed by atoms with E-state index in [0.717, 1.165) is 5.56 Å². The Hall–Kier alpha value is -2.19. The second kappa shape index (κ2) is 5.63. The molecule has 0 amide bonds. The largest absolute Gasteiger partial charge is 0.398 e. The molecule has 1 unspecified atom stereocenters. The Morgan fingerprint density at radius 2 is 2.16 bits per heavy atom. The first-order valence-corrected chi connectivity index (χ1v) is 7.03. The molecule has 96 valence electrons. The Balaban J connectivity index is 2.32. The number of nitriles is 1. The van der Waals surface area contributed by atoms with Crippen LogP contribution in [-0.4, -0.2) is 9.19 Å². The number of pyridine rings is 1. The molecular weight excluding hydrogens is 258 g/mol. The lowest BCUT2D eigenvalue weighted by Gasteiger charge is -2.08. The summed E-state index contributed by atoms with van der Waals surface area (Å²) in [6.07, 6.45) is 1.55. The van der Waals surface area contributed by atoms with E-state index < -0.39 is 10.8 Å². The fourth-order valence-corrected chi connectivity index (χ4v) is 3.03. The SMILES string of the molecule is Cc1cccc(S(=O)Cc2cccnc2C#N)c1N. The summed E-state index contributed by atoms with van der Waals surface area (Å²) >= 11 is 0. The van der Waals surface area contributed by atoms with Gasteiger partial charge in [0, 0.05) is 11.8 Å². The van der Waals surface area contributed by atoms with E-state index in [1.54, 1.807) is 24.4 Å². The first-order chi connectivity index (χ1) is 9.13. The molecule has 0 aliphatic rings. The van der Waals surface area contributed by atoms with Gasteiger partial charge >= 0.3 is 0 Å². The van der Waals surface area contributed by atoms with Gasteiger partial charge < -0.3 is 5.73 Å². The number of hydrogen-bond acceptors (Lipinski definition) is 4. The number of hydrogen-bond donors (Lipinski definition) is 1. The van der Waals surface area contributed by atoms with Crippen LogP contribution < -0.4 is 5.73 Å². The molecule has 1 heterocycles. The number of benzene rings is 1. The predicted molar refractivity (Wildman–Crippen MR) is 74.7 cm³/mol. The van der Waals surface area contributed by atoms with E-state index in [0.29, 0.717) is 21.8 Å². The lowest BCUT2D eigenvalue weighted by Crippen LogP contribution is -2.04. The summed E-state index contributed by atoms with van der Waals surface area (Å²) in [5, 5.41) is 8.96. The molecule has 0 bridgehead atoms. The van der Waals surface area contributed by atoms with Gasteiger partial charge in [-0.3, -0.25) is 4.21 Å². The fourth-order valence-electron chi connectivity index (χ4n) is 1.73. The normalized spacial score (nSPS) is 11.8. The predicted octanol–water partition coefficient (Wildman–Crippen LogP) is 2.15. The van der Waals surface area contributed by atoms with Gasteiger partial charge in [0.05, 0.1) is 27.1 Å². The van der Waals surface area contributed by atoms with Gasteiger partial charge in [0.2, 0.25) is 0 Å². The molecule has 0 aliphatic heterocycles. The Morgan fingerprint density at radius 3 is 2.89 bits per heavy atom. The van der Waals surface area contributed by atoms with Gasteiger partial charge in [0.25, 0.3) is 0 Å². The summed E-state index contributed by atoms with van der Waals surface area (Å²) in [6.45, 7) is 1.88. The van der Waals surface area contributed by atoms with Crippen molar-refractivity contribution in [1.82, 2.24) is 4.98 Å². The quantitative estimate of drug-likeness (QED) is 0.867. The minimum absolute atomic E-state index is 0.240. The van der Waals surface area contributed by atoms with Crippen LogP contribution in [0, 0.1) is 18.3 Å². The maximum absolute atomic E-state index is 12.3. The Morgan fingerprint density at radius 1 is 1.37 bits per heavy atom. The first kappa shape index (κ1) is 13.2. The van der Waals surface area contributed by atoms with Crippen molar-refractivity contribution in [2.24, 2.45) is 0 Å². The molecule has 0 spiro atoms.